The van der Waals surface area contributed by atoms with Gasteiger partial charge in [-0.05, 0) is 70.4 Å². The molecule has 1 aliphatic carbocycles. The second-order valence-corrected chi connectivity index (χ2v) is 9.26. The summed E-state index contributed by atoms with van der Waals surface area (Å²) in [5, 5.41) is 15.3. The first-order valence-electron chi connectivity index (χ1n) is 10.9. The Labute approximate surface area is 179 Å². The van der Waals surface area contributed by atoms with Crippen molar-refractivity contribution in [3.05, 3.63) is 32.8 Å². The number of aryl methyl sites for hydroxylation is 1. The Morgan fingerprint density at radius 2 is 1.93 bits per heavy atom. The van der Waals surface area contributed by atoms with Crippen LogP contribution in [0.4, 0.5) is 11.4 Å². The Hall–Kier alpha value is -1.37. The number of nitro groups is 1. The number of anilines is 1. The summed E-state index contributed by atoms with van der Waals surface area (Å²) in [6, 6.07) is 3.50. The molecule has 0 aromatic heterocycles. The van der Waals surface area contributed by atoms with Gasteiger partial charge >= 0.3 is 0 Å². The van der Waals surface area contributed by atoms with E-state index in [0.717, 1.165) is 57.4 Å². The summed E-state index contributed by atoms with van der Waals surface area (Å²) in [7, 11) is 0. The van der Waals surface area contributed by atoms with E-state index in [0.29, 0.717) is 16.8 Å². The van der Waals surface area contributed by atoms with Crippen LogP contribution in [0.15, 0.2) is 12.1 Å². The highest BCUT2D eigenvalue weighted by molar-refractivity contribution is 6.31. The molecule has 0 atom stereocenters. The Balaban J connectivity index is 1.55. The number of nitrogens with zero attached hydrogens (tertiary/aromatic N) is 2. The number of nitrogens with one attached hydrogen (secondary N) is 1. The first-order valence-corrected chi connectivity index (χ1v) is 11.3. The normalized spacial score (nSPS) is 26.4. The minimum absolute atomic E-state index is 0.0559. The molecule has 1 saturated carbocycles. The van der Waals surface area contributed by atoms with Crippen molar-refractivity contribution in [1.29, 1.82) is 0 Å². The van der Waals surface area contributed by atoms with Gasteiger partial charge in [0.05, 0.1) is 16.0 Å². The van der Waals surface area contributed by atoms with Crippen LogP contribution in [-0.4, -0.2) is 47.2 Å². The second-order valence-electron chi connectivity index (χ2n) is 8.85. The van der Waals surface area contributed by atoms with Crippen molar-refractivity contribution in [2.45, 2.75) is 83.4 Å². The summed E-state index contributed by atoms with van der Waals surface area (Å²) < 4.78 is 5.95. The molecule has 1 heterocycles. The van der Waals surface area contributed by atoms with E-state index in [1.165, 1.54) is 18.9 Å². The van der Waals surface area contributed by atoms with Crippen LogP contribution in [0.1, 0.15) is 64.4 Å². The number of nitro benzene ring substituents is 1. The Kier molecular flexibility index (Phi) is 7.41. The summed E-state index contributed by atoms with van der Waals surface area (Å²) in [4.78, 5) is 13.7. The predicted molar refractivity (Wildman–Crippen MR) is 118 cm³/mol. The summed E-state index contributed by atoms with van der Waals surface area (Å²) in [6.07, 6.45) is 8.14. The van der Waals surface area contributed by atoms with Crippen molar-refractivity contribution in [2.75, 3.05) is 25.0 Å². The zero-order valence-corrected chi connectivity index (χ0v) is 18.6. The van der Waals surface area contributed by atoms with E-state index in [9.17, 15) is 10.1 Å². The van der Waals surface area contributed by atoms with Gasteiger partial charge in [-0.2, -0.15) is 0 Å². The van der Waals surface area contributed by atoms with E-state index in [1.54, 1.807) is 6.07 Å². The lowest BCUT2D eigenvalue weighted by molar-refractivity contribution is -0.384. The number of halogens is 1. The van der Waals surface area contributed by atoms with Crippen molar-refractivity contribution in [3.8, 4) is 0 Å². The maximum Gasteiger partial charge on any atom is 0.293 e. The molecular formula is C22H34ClN3O3. The number of benzene rings is 1. The van der Waals surface area contributed by atoms with Crippen LogP contribution < -0.4 is 5.32 Å². The summed E-state index contributed by atoms with van der Waals surface area (Å²) >= 11 is 6.08. The highest BCUT2D eigenvalue weighted by Crippen LogP contribution is 2.37. The fourth-order valence-electron chi connectivity index (χ4n) is 4.70. The molecule has 1 aromatic carbocycles. The summed E-state index contributed by atoms with van der Waals surface area (Å²) in [6.45, 7) is 9.34. The predicted octanol–water partition coefficient (Wildman–Crippen LogP) is 5.56. The van der Waals surface area contributed by atoms with E-state index in [1.807, 2.05) is 6.92 Å². The minimum Gasteiger partial charge on any atom is -0.378 e. The summed E-state index contributed by atoms with van der Waals surface area (Å²) in [5.41, 5.74) is 1.74. The molecule has 2 fully saturated rings. The van der Waals surface area contributed by atoms with Gasteiger partial charge in [-0.25, -0.2) is 0 Å². The second kappa shape index (κ2) is 9.63. The van der Waals surface area contributed by atoms with Crippen LogP contribution in [0.5, 0.6) is 0 Å². The average Bonchev–Trinajstić information content (AvgIpc) is 2.70. The molecule has 1 aromatic rings. The average molecular weight is 424 g/mol. The number of hydrogen-bond donors (Lipinski definition) is 1. The highest BCUT2D eigenvalue weighted by atomic mass is 35.5. The largest absolute Gasteiger partial charge is 0.378 e. The van der Waals surface area contributed by atoms with Crippen LogP contribution in [0.25, 0.3) is 0 Å². The number of hydrogen-bond acceptors (Lipinski definition) is 5. The molecule has 0 unspecified atom stereocenters. The third kappa shape index (κ3) is 5.41. The van der Waals surface area contributed by atoms with E-state index >= 15 is 0 Å². The molecule has 7 heteroatoms. The van der Waals surface area contributed by atoms with Crippen LogP contribution in [0.3, 0.4) is 0 Å². The quantitative estimate of drug-likeness (QED) is 0.459. The van der Waals surface area contributed by atoms with Crippen molar-refractivity contribution >= 4 is 23.0 Å². The van der Waals surface area contributed by atoms with Crippen molar-refractivity contribution < 1.29 is 9.66 Å². The molecule has 1 saturated heterocycles. The van der Waals surface area contributed by atoms with Crippen LogP contribution in [0.2, 0.25) is 5.02 Å². The van der Waals surface area contributed by atoms with Gasteiger partial charge in [-0.3, -0.25) is 15.0 Å². The molecule has 2 aliphatic rings. The van der Waals surface area contributed by atoms with Crippen LogP contribution in [0, 0.1) is 17.0 Å². The molecule has 0 radical (unpaired) electrons. The SMILES string of the molecule is CCCO[C@H]1CC[C@@](C)(N2CCC(Nc3cc(C)c(Cl)cc3[N+](=O)[O-])CC2)CC1. The molecule has 1 aliphatic heterocycles. The fraction of sp³-hybridized carbons (Fsp3) is 0.727. The van der Waals surface area contributed by atoms with Crippen molar-refractivity contribution in [3.63, 3.8) is 0 Å². The van der Waals surface area contributed by atoms with Crippen molar-refractivity contribution in [2.24, 2.45) is 0 Å². The number of piperidine rings is 1. The third-order valence-corrected chi connectivity index (χ3v) is 7.07. The Morgan fingerprint density at radius 1 is 1.28 bits per heavy atom. The van der Waals surface area contributed by atoms with E-state index in [4.69, 9.17) is 16.3 Å². The molecule has 162 valence electrons. The van der Waals surface area contributed by atoms with Gasteiger partial charge in [-0.1, -0.05) is 18.5 Å². The van der Waals surface area contributed by atoms with E-state index in [-0.39, 0.29) is 22.2 Å². The molecule has 3 rings (SSSR count). The maximum atomic E-state index is 11.4. The third-order valence-electron chi connectivity index (χ3n) is 6.66. The number of ether oxygens (including phenoxy) is 1. The smallest absolute Gasteiger partial charge is 0.293 e. The molecular weight excluding hydrogens is 390 g/mol. The molecule has 0 bridgehead atoms. The van der Waals surface area contributed by atoms with Gasteiger partial charge in [0.15, 0.2) is 0 Å². The summed E-state index contributed by atoms with van der Waals surface area (Å²) in [5.74, 6) is 0. The molecule has 1 N–H and O–H groups in total. The monoisotopic (exact) mass is 423 g/mol. The fourth-order valence-corrected chi connectivity index (χ4v) is 4.86. The van der Waals surface area contributed by atoms with Gasteiger partial charge in [-0.15, -0.1) is 0 Å². The molecule has 0 spiro atoms. The van der Waals surface area contributed by atoms with Gasteiger partial charge in [0.2, 0.25) is 0 Å². The Morgan fingerprint density at radius 3 is 2.52 bits per heavy atom. The van der Waals surface area contributed by atoms with Crippen molar-refractivity contribution in [1.82, 2.24) is 4.90 Å². The Bertz CT molecular complexity index is 711. The van der Waals surface area contributed by atoms with E-state index < -0.39 is 0 Å². The lowest BCUT2D eigenvalue weighted by atomic mass is 9.79. The lowest BCUT2D eigenvalue weighted by Crippen LogP contribution is -2.53. The minimum atomic E-state index is -0.358. The topological polar surface area (TPSA) is 67.6 Å². The van der Waals surface area contributed by atoms with E-state index in [2.05, 4.69) is 24.1 Å². The van der Waals surface area contributed by atoms with Gasteiger partial charge in [0.25, 0.3) is 5.69 Å². The molecule has 0 amide bonds. The highest BCUT2D eigenvalue weighted by Gasteiger charge is 2.38. The van der Waals surface area contributed by atoms with Crippen LogP contribution >= 0.6 is 11.6 Å². The zero-order chi connectivity index (χ0) is 21.0. The molecule has 29 heavy (non-hydrogen) atoms. The first kappa shape index (κ1) is 22.3. The van der Waals surface area contributed by atoms with Gasteiger partial charge < -0.3 is 10.1 Å². The zero-order valence-electron chi connectivity index (χ0n) is 17.9. The number of rotatable bonds is 7. The number of likely N-dealkylation sites (tertiary alicyclic amines) is 1. The maximum absolute atomic E-state index is 11.4. The standard InChI is InChI=1S/C22H34ClN3O3/c1-4-13-29-18-5-9-22(3,10-6-18)25-11-7-17(8-12-25)24-20-14-16(2)19(23)15-21(20)26(27)28/h14-15,17-18,24H,4-13H2,1-3H3/t18-,22+. The first-order chi connectivity index (χ1) is 13.8. The van der Waals surface area contributed by atoms with Gasteiger partial charge in [0.1, 0.15) is 5.69 Å². The lowest BCUT2D eigenvalue weighted by Gasteiger charge is -2.48. The van der Waals surface area contributed by atoms with Crippen LogP contribution in [-0.2, 0) is 4.74 Å². The molecule has 6 nitrogen and oxygen atoms in total. The van der Waals surface area contributed by atoms with Gasteiger partial charge in [0, 0.05) is 37.3 Å².